The van der Waals surface area contributed by atoms with Crippen LogP contribution in [0.4, 0.5) is 10.1 Å². The summed E-state index contributed by atoms with van der Waals surface area (Å²) in [5, 5.41) is 2.50. The molecule has 0 unspecified atom stereocenters. The quantitative estimate of drug-likeness (QED) is 0.703. The lowest BCUT2D eigenvalue weighted by molar-refractivity contribution is -0.152. The summed E-state index contributed by atoms with van der Waals surface area (Å²) in [7, 11) is 1.51. The van der Waals surface area contributed by atoms with Gasteiger partial charge in [-0.25, -0.2) is 4.39 Å². The molecule has 8 heteroatoms. The van der Waals surface area contributed by atoms with Gasteiger partial charge < -0.3 is 19.7 Å². The minimum atomic E-state index is -0.679. The van der Waals surface area contributed by atoms with Gasteiger partial charge in [0.15, 0.2) is 6.61 Å². The Hall–Kier alpha value is -3.42. The number of amides is 2. The number of hydrogen-bond donors (Lipinski definition) is 1. The number of methoxy groups -OCH3 is 1. The van der Waals surface area contributed by atoms with E-state index in [1.807, 2.05) is 19.1 Å². The summed E-state index contributed by atoms with van der Waals surface area (Å²) in [5.41, 5.74) is 1.89. The molecule has 0 saturated carbocycles. The van der Waals surface area contributed by atoms with Gasteiger partial charge in [-0.3, -0.25) is 14.4 Å². The number of nitrogens with zero attached hydrogens (tertiary/aromatic N) is 1. The van der Waals surface area contributed by atoms with Crippen molar-refractivity contribution in [2.75, 3.05) is 25.2 Å². The van der Waals surface area contributed by atoms with Crippen LogP contribution in [0.15, 0.2) is 42.5 Å². The van der Waals surface area contributed by atoms with Crippen LogP contribution in [0.25, 0.3) is 0 Å². The lowest BCUT2D eigenvalue weighted by Gasteiger charge is -2.20. The highest BCUT2D eigenvalue weighted by Crippen LogP contribution is 2.34. The number of nitrogens with one attached hydrogen (secondary N) is 1. The van der Waals surface area contributed by atoms with Gasteiger partial charge in [0.2, 0.25) is 5.91 Å². The van der Waals surface area contributed by atoms with Gasteiger partial charge in [0, 0.05) is 25.1 Å². The third kappa shape index (κ3) is 4.94. The predicted molar refractivity (Wildman–Crippen MR) is 107 cm³/mol. The molecule has 1 N–H and O–H groups in total. The number of esters is 1. The molecule has 2 aromatic rings. The van der Waals surface area contributed by atoms with Gasteiger partial charge in [0.1, 0.15) is 11.6 Å². The molecule has 1 heterocycles. The van der Waals surface area contributed by atoms with E-state index in [-0.39, 0.29) is 25.4 Å². The molecule has 2 aromatic carbocycles. The smallest absolute Gasteiger partial charge is 0.311 e. The molecule has 30 heavy (non-hydrogen) atoms. The second kappa shape index (κ2) is 9.39. The molecular weight excluding hydrogens is 391 g/mol. The van der Waals surface area contributed by atoms with Crippen molar-refractivity contribution in [3.8, 4) is 5.75 Å². The molecule has 3 rings (SSSR count). The predicted octanol–water partition coefficient (Wildman–Crippen LogP) is 2.36. The lowest BCUT2D eigenvalue weighted by atomic mass is 10.1. The van der Waals surface area contributed by atoms with Crippen molar-refractivity contribution in [3.05, 3.63) is 59.4 Å². The monoisotopic (exact) mass is 414 g/mol. The van der Waals surface area contributed by atoms with Gasteiger partial charge in [-0.05, 0) is 30.7 Å². The van der Waals surface area contributed by atoms with E-state index in [0.29, 0.717) is 17.0 Å². The number of benzene rings is 2. The fraction of sp³-hybridized carbons (Fsp3) is 0.318. The second-order valence-corrected chi connectivity index (χ2v) is 7.06. The molecular formula is C22H23FN2O5. The molecule has 0 aromatic heterocycles. The summed E-state index contributed by atoms with van der Waals surface area (Å²) in [6.07, 6.45) is -0.00717. The van der Waals surface area contributed by atoms with E-state index < -0.39 is 30.2 Å². The van der Waals surface area contributed by atoms with Crippen molar-refractivity contribution in [2.24, 2.45) is 5.92 Å². The molecule has 1 atom stereocenters. The third-order valence-corrected chi connectivity index (χ3v) is 4.86. The van der Waals surface area contributed by atoms with Crippen molar-refractivity contribution in [1.29, 1.82) is 0 Å². The van der Waals surface area contributed by atoms with E-state index in [2.05, 4.69) is 5.32 Å². The van der Waals surface area contributed by atoms with Crippen LogP contribution in [-0.4, -0.2) is 38.0 Å². The van der Waals surface area contributed by atoms with Crippen molar-refractivity contribution in [3.63, 3.8) is 0 Å². The molecule has 1 aliphatic heterocycles. The Bertz CT molecular complexity index is 962. The van der Waals surface area contributed by atoms with E-state index in [1.54, 1.807) is 24.3 Å². The largest absolute Gasteiger partial charge is 0.495 e. The van der Waals surface area contributed by atoms with Gasteiger partial charge in [-0.15, -0.1) is 0 Å². The van der Waals surface area contributed by atoms with Crippen molar-refractivity contribution in [1.82, 2.24) is 5.32 Å². The first-order valence-electron chi connectivity index (χ1n) is 9.50. The standard InChI is InChI=1S/C22H23FN2O5/c1-14-7-8-19(29-2)18(9-14)25-12-16(10-21(25)27)22(28)30-13-20(26)24-11-15-5-3-4-6-17(15)23/h3-9,16H,10-13H2,1-2H3,(H,24,26)/t16-/m1/s1. The maximum Gasteiger partial charge on any atom is 0.311 e. The average Bonchev–Trinajstić information content (AvgIpc) is 3.13. The molecule has 0 aliphatic carbocycles. The maximum atomic E-state index is 13.6. The Morgan fingerprint density at radius 1 is 1.23 bits per heavy atom. The van der Waals surface area contributed by atoms with Crippen molar-refractivity contribution < 1.29 is 28.2 Å². The number of hydrogen-bond acceptors (Lipinski definition) is 5. The molecule has 1 saturated heterocycles. The Morgan fingerprint density at radius 3 is 2.73 bits per heavy atom. The van der Waals surface area contributed by atoms with E-state index in [0.717, 1.165) is 5.56 Å². The van der Waals surface area contributed by atoms with Crippen LogP contribution >= 0.6 is 0 Å². The molecule has 1 fully saturated rings. The number of aryl methyl sites for hydroxylation is 1. The molecule has 0 spiro atoms. The van der Waals surface area contributed by atoms with Crippen LogP contribution in [0.2, 0.25) is 0 Å². The van der Waals surface area contributed by atoms with Crippen LogP contribution in [0.5, 0.6) is 5.75 Å². The maximum absolute atomic E-state index is 13.6. The fourth-order valence-electron chi connectivity index (χ4n) is 3.25. The zero-order valence-electron chi connectivity index (χ0n) is 16.8. The zero-order valence-corrected chi connectivity index (χ0v) is 16.8. The van der Waals surface area contributed by atoms with E-state index in [9.17, 15) is 18.8 Å². The zero-order chi connectivity index (χ0) is 21.7. The SMILES string of the molecule is COc1ccc(C)cc1N1C[C@H](C(=O)OCC(=O)NCc2ccccc2F)CC1=O. The first kappa shape index (κ1) is 21.3. The van der Waals surface area contributed by atoms with Crippen LogP contribution < -0.4 is 15.0 Å². The highest BCUT2D eigenvalue weighted by molar-refractivity contribution is 6.00. The van der Waals surface area contributed by atoms with Crippen LogP contribution in [0.3, 0.4) is 0 Å². The Labute approximate surface area is 173 Å². The number of rotatable bonds is 7. The Morgan fingerprint density at radius 2 is 2.00 bits per heavy atom. The third-order valence-electron chi connectivity index (χ3n) is 4.86. The van der Waals surface area contributed by atoms with E-state index in [4.69, 9.17) is 9.47 Å². The molecule has 2 amide bonds. The van der Waals surface area contributed by atoms with E-state index in [1.165, 1.54) is 18.1 Å². The lowest BCUT2D eigenvalue weighted by Crippen LogP contribution is -2.31. The number of ether oxygens (including phenoxy) is 2. The highest BCUT2D eigenvalue weighted by atomic mass is 19.1. The first-order chi connectivity index (χ1) is 14.4. The van der Waals surface area contributed by atoms with Gasteiger partial charge in [-0.2, -0.15) is 0 Å². The molecule has 158 valence electrons. The second-order valence-electron chi connectivity index (χ2n) is 7.06. The van der Waals surface area contributed by atoms with Crippen LogP contribution in [-0.2, 0) is 25.7 Å². The normalized spacial score (nSPS) is 15.8. The number of carbonyl (C=O) groups excluding carboxylic acids is 3. The Balaban J connectivity index is 1.53. The molecule has 0 bridgehead atoms. The van der Waals surface area contributed by atoms with Gasteiger partial charge >= 0.3 is 5.97 Å². The summed E-state index contributed by atoms with van der Waals surface area (Å²) in [6, 6.07) is 11.5. The fourth-order valence-corrected chi connectivity index (χ4v) is 3.25. The van der Waals surface area contributed by atoms with Crippen molar-refractivity contribution >= 4 is 23.5 Å². The highest BCUT2D eigenvalue weighted by Gasteiger charge is 2.37. The van der Waals surface area contributed by atoms with Gasteiger partial charge in [0.25, 0.3) is 5.91 Å². The summed E-state index contributed by atoms with van der Waals surface area (Å²) in [6.45, 7) is 1.54. The number of anilines is 1. The number of carbonyl (C=O) groups is 3. The van der Waals surface area contributed by atoms with Crippen molar-refractivity contribution in [2.45, 2.75) is 19.9 Å². The van der Waals surface area contributed by atoms with Gasteiger partial charge in [0.05, 0.1) is 18.7 Å². The summed E-state index contributed by atoms with van der Waals surface area (Å²) < 4.78 is 24.0. The molecule has 1 aliphatic rings. The molecule has 0 radical (unpaired) electrons. The minimum absolute atomic E-state index is 0.00717. The summed E-state index contributed by atoms with van der Waals surface area (Å²) in [4.78, 5) is 38.2. The minimum Gasteiger partial charge on any atom is -0.495 e. The van der Waals surface area contributed by atoms with Crippen LogP contribution in [0, 0.1) is 18.7 Å². The Kier molecular flexibility index (Phi) is 6.66. The van der Waals surface area contributed by atoms with Crippen LogP contribution in [0.1, 0.15) is 17.5 Å². The number of halogens is 1. The summed E-state index contributed by atoms with van der Waals surface area (Å²) in [5.74, 6) is -1.96. The van der Waals surface area contributed by atoms with Gasteiger partial charge in [-0.1, -0.05) is 24.3 Å². The average molecular weight is 414 g/mol. The molecule has 7 nitrogen and oxygen atoms in total. The topological polar surface area (TPSA) is 84.9 Å². The summed E-state index contributed by atoms with van der Waals surface area (Å²) >= 11 is 0. The first-order valence-corrected chi connectivity index (χ1v) is 9.50. The van der Waals surface area contributed by atoms with E-state index >= 15 is 0 Å².